The smallest absolute Gasteiger partial charge is 0.0549 e. The molecular weight excluding hydrogens is 236 g/mol. The molecule has 0 radical (unpaired) electrons. The molecule has 0 aliphatic rings. The molecule has 0 spiro atoms. The molecule has 0 amide bonds. The molecule has 2 heterocycles. The van der Waals surface area contributed by atoms with Crippen molar-refractivity contribution in [3.05, 3.63) is 47.0 Å². The standard InChI is InChI=1S/C15H22N4/c1-5-19-10-14(8-16-19)9-18(4)11-15-7-12(2)6-13(3)17-15/h6-8,10H,5,9,11H2,1-4H3. The Balaban J connectivity index is 1.98. The Morgan fingerprint density at radius 2 is 2.00 bits per heavy atom. The van der Waals surface area contributed by atoms with Crippen molar-refractivity contribution < 1.29 is 0 Å². The van der Waals surface area contributed by atoms with Gasteiger partial charge in [0.05, 0.1) is 11.9 Å². The van der Waals surface area contributed by atoms with Gasteiger partial charge in [0.15, 0.2) is 0 Å². The van der Waals surface area contributed by atoms with Gasteiger partial charge >= 0.3 is 0 Å². The Bertz CT molecular complexity index is 525. The molecule has 0 fully saturated rings. The van der Waals surface area contributed by atoms with Crippen molar-refractivity contribution in [3.8, 4) is 0 Å². The van der Waals surface area contributed by atoms with Crippen LogP contribution < -0.4 is 0 Å². The highest BCUT2D eigenvalue weighted by molar-refractivity contribution is 5.19. The molecule has 4 heteroatoms. The SMILES string of the molecule is CCn1cc(CN(C)Cc2cc(C)cc(C)n2)cn1. The van der Waals surface area contributed by atoms with Gasteiger partial charge in [-0.2, -0.15) is 5.10 Å². The van der Waals surface area contributed by atoms with Crippen LogP contribution in [0.3, 0.4) is 0 Å². The van der Waals surface area contributed by atoms with Gasteiger partial charge in [-0.05, 0) is 45.5 Å². The van der Waals surface area contributed by atoms with E-state index in [1.807, 2.05) is 17.8 Å². The summed E-state index contributed by atoms with van der Waals surface area (Å²) >= 11 is 0. The van der Waals surface area contributed by atoms with E-state index in [9.17, 15) is 0 Å². The Hall–Kier alpha value is -1.68. The molecule has 2 rings (SSSR count). The lowest BCUT2D eigenvalue weighted by Crippen LogP contribution is -2.18. The lowest BCUT2D eigenvalue weighted by molar-refractivity contribution is 0.314. The molecule has 4 nitrogen and oxygen atoms in total. The number of aryl methyl sites for hydroxylation is 3. The van der Waals surface area contributed by atoms with E-state index in [2.05, 4.69) is 54.2 Å². The van der Waals surface area contributed by atoms with Crippen molar-refractivity contribution in [3.63, 3.8) is 0 Å². The second-order valence-electron chi connectivity index (χ2n) is 5.15. The first-order chi connectivity index (χ1) is 9.06. The van der Waals surface area contributed by atoms with Gasteiger partial charge < -0.3 is 0 Å². The third-order valence-electron chi connectivity index (χ3n) is 3.05. The van der Waals surface area contributed by atoms with Gasteiger partial charge in [-0.3, -0.25) is 14.6 Å². The number of hydrogen-bond donors (Lipinski definition) is 0. The van der Waals surface area contributed by atoms with Crippen molar-refractivity contribution in [2.24, 2.45) is 0 Å². The van der Waals surface area contributed by atoms with Crippen LogP contribution >= 0.6 is 0 Å². The molecular formula is C15H22N4. The number of aromatic nitrogens is 3. The van der Waals surface area contributed by atoms with Crippen LogP contribution in [0.5, 0.6) is 0 Å². The molecule has 0 bridgehead atoms. The van der Waals surface area contributed by atoms with Crippen LogP contribution in [0, 0.1) is 13.8 Å². The minimum atomic E-state index is 0.861. The largest absolute Gasteiger partial charge is 0.296 e. The predicted octanol–water partition coefficient (Wildman–Crippen LogP) is 2.55. The Morgan fingerprint density at radius 1 is 1.21 bits per heavy atom. The first-order valence-corrected chi connectivity index (χ1v) is 6.71. The van der Waals surface area contributed by atoms with Gasteiger partial charge in [0.1, 0.15) is 0 Å². The maximum Gasteiger partial charge on any atom is 0.0549 e. The highest BCUT2D eigenvalue weighted by Crippen LogP contribution is 2.09. The Labute approximate surface area is 115 Å². The van der Waals surface area contributed by atoms with Crippen LogP contribution in [0.2, 0.25) is 0 Å². The summed E-state index contributed by atoms with van der Waals surface area (Å²) in [7, 11) is 2.11. The zero-order valence-electron chi connectivity index (χ0n) is 12.2. The zero-order valence-corrected chi connectivity index (χ0v) is 12.2. The van der Waals surface area contributed by atoms with E-state index >= 15 is 0 Å². The minimum Gasteiger partial charge on any atom is -0.296 e. The lowest BCUT2D eigenvalue weighted by Gasteiger charge is -2.15. The van der Waals surface area contributed by atoms with Gasteiger partial charge in [-0.15, -0.1) is 0 Å². The zero-order chi connectivity index (χ0) is 13.8. The van der Waals surface area contributed by atoms with E-state index in [0.717, 1.165) is 31.0 Å². The van der Waals surface area contributed by atoms with E-state index in [-0.39, 0.29) is 0 Å². The Kier molecular flexibility index (Phi) is 4.32. The van der Waals surface area contributed by atoms with E-state index in [4.69, 9.17) is 0 Å². The summed E-state index contributed by atoms with van der Waals surface area (Å²) in [6.07, 6.45) is 4.04. The van der Waals surface area contributed by atoms with Crippen molar-refractivity contribution >= 4 is 0 Å². The number of hydrogen-bond acceptors (Lipinski definition) is 3. The van der Waals surface area contributed by atoms with Crippen LogP contribution in [-0.2, 0) is 19.6 Å². The summed E-state index contributed by atoms with van der Waals surface area (Å²) in [5.74, 6) is 0. The molecule has 0 unspecified atom stereocenters. The maximum atomic E-state index is 4.57. The average Bonchev–Trinajstić information content (AvgIpc) is 2.74. The normalized spacial score (nSPS) is 11.2. The van der Waals surface area contributed by atoms with Crippen LogP contribution in [0.15, 0.2) is 24.5 Å². The summed E-state index contributed by atoms with van der Waals surface area (Å²) in [5, 5.41) is 4.30. The van der Waals surface area contributed by atoms with Crippen molar-refractivity contribution in [1.29, 1.82) is 0 Å². The Morgan fingerprint density at radius 3 is 2.63 bits per heavy atom. The fraction of sp³-hybridized carbons (Fsp3) is 0.467. The fourth-order valence-corrected chi connectivity index (χ4v) is 2.31. The van der Waals surface area contributed by atoms with Gasteiger partial charge in [-0.1, -0.05) is 0 Å². The molecule has 0 aromatic carbocycles. The van der Waals surface area contributed by atoms with E-state index in [1.54, 1.807) is 0 Å². The van der Waals surface area contributed by atoms with E-state index in [0.29, 0.717) is 0 Å². The monoisotopic (exact) mass is 258 g/mol. The second kappa shape index (κ2) is 5.97. The predicted molar refractivity (Wildman–Crippen MR) is 76.8 cm³/mol. The summed E-state index contributed by atoms with van der Waals surface area (Å²) in [5.41, 5.74) is 4.73. The second-order valence-corrected chi connectivity index (χ2v) is 5.15. The van der Waals surface area contributed by atoms with Crippen molar-refractivity contribution in [1.82, 2.24) is 19.7 Å². The molecule has 0 saturated heterocycles. The average molecular weight is 258 g/mol. The first-order valence-electron chi connectivity index (χ1n) is 6.71. The van der Waals surface area contributed by atoms with E-state index in [1.165, 1.54) is 11.1 Å². The molecule has 0 saturated carbocycles. The molecule has 0 aliphatic heterocycles. The molecule has 0 aliphatic carbocycles. The fourth-order valence-electron chi connectivity index (χ4n) is 2.31. The molecule has 102 valence electrons. The summed E-state index contributed by atoms with van der Waals surface area (Å²) in [6, 6.07) is 4.26. The molecule has 0 N–H and O–H groups in total. The topological polar surface area (TPSA) is 34.0 Å². The van der Waals surface area contributed by atoms with Gasteiger partial charge in [-0.25, -0.2) is 0 Å². The van der Waals surface area contributed by atoms with Crippen LogP contribution in [0.25, 0.3) is 0 Å². The summed E-state index contributed by atoms with van der Waals surface area (Å²) in [6.45, 7) is 8.93. The van der Waals surface area contributed by atoms with Gasteiger partial charge in [0, 0.05) is 37.1 Å². The van der Waals surface area contributed by atoms with Gasteiger partial charge in [0.2, 0.25) is 0 Å². The highest BCUT2D eigenvalue weighted by atomic mass is 15.3. The summed E-state index contributed by atoms with van der Waals surface area (Å²) < 4.78 is 1.96. The van der Waals surface area contributed by atoms with Crippen LogP contribution in [-0.4, -0.2) is 26.7 Å². The highest BCUT2D eigenvalue weighted by Gasteiger charge is 2.05. The van der Waals surface area contributed by atoms with Crippen LogP contribution in [0.1, 0.15) is 29.4 Å². The van der Waals surface area contributed by atoms with E-state index < -0.39 is 0 Å². The van der Waals surface area contributed by atoms with Crippen molar-refractivity contribution in [2.45, 2.75) is 40.4 Å². The number of nitrogens with zero attached hydrogens (tertiary/aromatic N) is 4. The maximum absolute atomic E-state index is 4.57. The quantitative estimate of drug-likeness (QED) is 0.826. The minimum absolute atomic E-state index is 0.861. The lowest BCUT2D eigenvalue weighted by atomic mass is 10.2. The number of pyridine rings is 1. The molecule has 2 aromatic heterocycles. The van der Waals surface area contributed by atoms with Crippen LogP contribution in [0.4, 0.5) is 0 Å². The molecule has 0 atom stereocenters. The van der Waals surface area contributed by atoms with Gasteiger partial charge in [0.25, 0.3) is 0 Å². The molecule has 19 heavy (non-hydrogen) atoms. The van der Waals surface area contributed by atoms with Crippen molar-refractivity contribution in [2.75, 3.05) is 7.05 Å². The number of rotatable bonds is 5. The first kappa shape index (κ1) is 13.7. The molecule has 2 aromatic rings. The third kappa shape index (κ3) is 3.89. The summed E-state index contributed by atoms with van der Waals surface area (Å²) in [4.78, 5) is 6.84. The third-order valence-corrected chi connectivity index (χ3v) is 3.05.